The summed E-state index contributed by atoms with van der Waals surface area (Å²) in [6, 6.07) is 6.82. The topological polar surface area (TPSA) is 54.5 Å². The monoisotopic (exact) mass is 349 g/mol. The van der Waals surface area contributed by atoms with E-state index in [1.54, 1.807) is 46.1 Å². The van der Waals surface area contributed by atoms with Crippen LogP contribution in [-0.2, 0) is 11.3 Å². The summed E-state index contributed by atoms with van der Waals surface area (Å²) in [7, 11) is 1.64. The van der Waals surface area contributed by atoms with E-state index >= 15 is 0 Å². The molecule has 0 radical (unpaired) electrons. The predicted octanol–water partition coefficient (Wildman–Crippen LogP) is 4.15. The number of nitrogens with one attached hydrogen (secondary N) is 1. The molecule has 0 aliphatic carbocycles. The van der Waals surface area contributed by atoms with E-state index in [4.69, 9.17) is 4.74 Å². The Balaban J connectivity index is 2.00. The molecule has 134 valence electrons. The van der Waals surface area contributed by atoms with Crippen LogP contribution in [0.15, 0.2) is 36.5 Å². The van der Waals surface area contributed by atoms with Gasteiger partial charge in [0.05, 0.1) is 5.69 Å². The highest BCUT2D eigenvalue weighted by atomic mass is 19.1. The maximum Gasteiger partial charge on any atom is 0.407 e. The Labute approximate surface area is 145 Å². The third-order valence-electron chi connectivity index (χ3n) is 3.26. The number of halogens is 2. The number of benzene rings is 1. The number of carbonyl (C=O) groups is 1. The Morgan fingerprint density at radius 2 is 1.96 bits per heavy atom. The number of hydrogen-bond acceptors (Lipinski definition) is 4. The zero-order valence-corrected chi connectivity index (χ0v) is 14.6. The zero-order chi connectivity index (χ0) is 18.6. The van der Waals surface area contributed by atoms with Crippen LogP contribution in [0.1, 0.15) is 26.3 Å². The van der Waals surface area contributed by atoms with Crippen molar-refractivity contribution in [1.29, 1.82) is 0 Å². The van der Waals surface area contributed by atoms with E-state index in [9.17, 15) is 13.6 Å². The molecule has 0 aliphatic rings. The predicted molar refractivity (Wildman–Crippen MR) is 91.7 cm³/mol. The minimum absolute atomic E-state index is 0.216. The van der Waals surface area contributed by atoms with Crippen molar-refractivity contribution in [3.05, 3.63) is 53.7 Å². The molecule has 0 saturated heterocycles. The lowest BCUT2D eigenvalue weighted by atomic mass is 10.2. The van der Waals surface area contributed by atoms with Crippen molar-refractivity contribution in [3.8, 4) is 0 Å². The van der Waals surface area contributed by atoms with Gasteiger partial charge in [-0.2, -0.15) is 0 Å². The highest BCUT2D eigenvalue weighted by Crippen LogP contribution is 2.25. The first kappa shape index (κ1) is 18.6. The fourth-order valence-electron chi connectivity index (χ4n) is 2.08. The van der Waals surface area contributed by atoms with Gasteiger partial charge in [0.2, 0.25) is 0 Å². The first-order valence-corrected chi connectivity index (χ1v) is 7.76. The standard InChI is InChI=1S/C18H21F2N3O2/c1-18(2,3)25-17(24)22-11-12-5-8-16(21-10-12)23(4)15-7-6-13(19)9-14(15)20/h5-10H,11H2,1-4H3,(H,22,24). The van der Waals surface area contributed by atoms with Gasteiger partial charge >= 0.3 is 6.09 Å². The van der Waals surface area contributed by atoms with Crippen molar-refractivity contribution in [2.45, 2.75) is 32.9 Å². The second-order valence-electron chi connectivity index (χ2n) is 6.53. The van der Waals surface area contributed by atoms with Gasteiger partial charge in [0, 0.05) is 25.9 Å². The molecule has 0 unspecified atom stereocenters. The van der Waals surface area contributed by atoms with E-state index in [0.29, 0.717) is 5.82 Å². The van der Waals surface area contributed by atoms with Crippen LogP contribution in [0.4, 0.5) is 25.1 Å². The molecular weight excluding hydrogens is 328 g/mol. The molecule has 1 aromatic carbocycles. The summed E-state index contributed by atoms with van der Waals surface area (Å²) in [5.74, 6) is -0.808. The molecule has 5 nitrogen and oxygen atoms in total. The van der Waals surface area contributed by atoms with Gasteiger partial charge in [0.15, 0.2) is 0 Å². The van der Waals surface area contributed by atoms with Crippen molar-refractivity contribution in [3.63, 3.8) is 0 Å². The maximum atomic E-state index is 13.8. The number of carbonyl (C=O) groups excluding carboxylic acids is 1. The highest BCUT2D eigenvalue weighted by molar-refractivity contribution is 5.67. The van der Waals surface area contributed by atoms with Gasteiger partial charge in [0.1, 0.15) is 23.1 Å². The number of alkyl carbamates (subject to hydrolysis) is 1. The van der Waals surface area contributed by atoms with E-state index in [1.807, 2.05) is 0 Å². The first-order chi connectivity index (χ1) is 11.7. The molecule has 1 N–H and O–H groups in total. The molecule has 0 spiro atoms. The third kappa shape index (κ3) is 5.41. The molecule has 0 fully saturated rings. The van der Waals surface area contributed by atoms with Gasteiger partial charge in [-0.1, -0.05) is 6.07 Å². The minimum atomic E-state index is -0.667. The molecule has 7 heteroatoms. The second-order valence-corrected chi connectivity index (χ2v) is 6.53. The van der Waals surface area contributed by atoms with Gasteiger partial charge in [-0.05, 0) is 44.5 Å². The number of rotatable bonds is 4. The van der Waals surface area contributed by atoms with E-state index in [-0.39, 0.29) is 12.2 Å². The van der Waals surface area contributed by atoms with Crippen LogP contribution in [0.2, 0.25) is 0 Å². The molecule has 2 rings (SSSR count). The lowest BCUT2D eigenvalue weighted by molar-refractivity contribution is 0.0523. The van der Waals surface area contributed by atoms with Crippen molar-refractivity contribution in [2.24, 2.45) is 0 Å². The zero-order valence-electron chi connectivity index (χ0n) is 14.6. The Morgan fingerprint density at radius 3 is 2.52 bits per heavy atom. The number of pyridine rings is 1. The molecule has 0 atom stereocenters. The third-order valence-corrected chi connectivity index (χ3v) is 3.26. The Bertz CT molecular complexity index is 743. The summed E-state index contributed by atoms with van der Waals surface area (Å²) in [4.78, 5) is 17.4. The number of ether oxygens (including phenoxy) is 1. The summed E-state index contributed by atoms with van der Waals surface area (Å²) in [5.41, 5.74) is 0.421. The van der Waals surface area contributed by atoms with Crippen LogP contribution < -0.4 is 10.2 Å². The molecular formula is C18H21F2N3O2. The van der Waals surface area contributed by atoms with E-state index in [1.165, 1.54) is 17.0 Å². The number of aromatic nitrogens is 1. The average molecular weight is 349 g/mol. The van der Waals surface area contributed by atoms with Gasteiger partial charge in [0.25, 0.3) is 0 Å². The smallest absolute Gasteiger partial charge is 0.407 e. The fourth-order valence-corrected chi connectivity index (χ4v) is 2.08. The van der Waals surface area contributed by atoms with Crippen LogP contribution >= 0.6 is 0 Å². The number of hydrogen-bond donors (Lipinski definition) is 1. The average Bonchev–Trinajstić information content (AvgIpc) is 2.51. The van der Waals surface area contributed by atoms with Crippen LogP contribution in [0.5, 0.6) is 0 Å². The number of nitrogens with zero attached hydrogens (tertiary/aromatic N) is 2. The van der Waals surface area contributed by atoms with E-state index in [0.717, 1.165) is 11.6 Å². The van der Waals surface area contributed by atoms with E-state index < -0.39 is 23.3 Å². The van der Waals surface area contributed by atoms with Crippen LogP contribution in [0.3, 0.4) is 0 Å². The largest absolute Gasteiger partial charge is 0.444 e. The number of anilines is 2. The molecule has 0 bridgehead atoms. The van der Waals surface area contributed by atoms with Crippen molar-refractivity contribution < 1.29 is 18.3 Å². The fraction of sp³-hybridized carbons (Fsp3) is 0.333. The summed E-state index contributed by atoms with van der Waals surface area (Å²) in [5, 5.41) is 2.63. The summed E-state index contributed by atoms with van der Waals surface area (Å²) >= 11 is 0. The Morgan fingerprint density at radius 1 is 1.24 bits per heavy atom. The first-order valence-electron chi connectivity index (χ1n) is 7.76. The van der Waals surface area contributed by atoms with Crippen LogP contribution in [0, 0.1) is 11.6 Å². The molecule has 0 saturated carbocycles. The second kappa shape index (κ2) is 7.46. The quantitative estimate of drug-likeness (QED) is 0.901. The molecule has 0 aliphatic heterocycles. The lowest BCUT2D eigenvalue weighted by Crippen LogP contribution is -2.32. The SMILES string of the molecule is CN(c1ccc(CNC(=O)OC(C)(C)C)cn1)c1ccc(F)cc1F. The molecule has 25 heavy (non-hydrogen) atoms. The van der Waals surface area contributed by atoms with Gasteiger partial charge in [-0.15, -0.1) is 0 Å². The van der Waals surface area contributed by atoms with Crippen molar-refractivity contribution >= 4 is 17.6 Å². The highest BCUT2D eigenvalue weighted by Gasteiger charge is 2.16. The number of amides is 1. The van der Waals surface area contributed by atoms with Gasteiger partial charge in [-0.25, -0.2) is 18.6 Å². The van der Waals surface area contributed by atoms with Crippen LogP contribution in [-0.4, -0.2) is 23.7 Å². The van der Waals surface area contributed by atoms with E-state index in [2.05, 4.69) is 10.3 Å². The van der Waals surface area contributed by atoms with Crippen LogP contribution in [0.25, 0.3) is 0 Å². The normalized spacial score (nSPS) is 11.1. The Kier molecular flexibility index (Phi) is 5.56. The van der Waals surface area contributed by atoms with Crippen molar-refractivity contribution in [1.82, 2.24) is 10.3 Å². The lowest BCUT2D eigenvalue weighted by Gasteiger charge is -2.20. The van der Waals surface area contributed by atoms with Gasteiger partial charge in [-0.3, -0.25) is 0 Å². The maximum absolute atomic E-state index is 13.8. The minimum Gasteiger partial charge on any atom is -0.444 e. The molecule has 1 heterocycles. The summed E-state index contributed by atoms with van der Waals surface area (Å²) in [6.45, 7) is 5.62. The molecule has 1 amide bonds. The van der Waals surface area contributed by atoms with Crippen molar-refractivity contribution in [2.75, 3.05) is 11.9 Å². The molecule has 1 aromatic heterocycles. The summed E-state index contributed by atoms with van der Waals surface area (Å²) < 4.78 is 32.0. The summed E-state index contributed by atoms with van der Waals surface area (Å²) in [6.07, 6.45) is 1.06. The van der Waals surface area contributed by atoms with Gasteiger partial charge < -0.3 is 15.0 Å². The molecule has 2 aromatic rings. The Hall–Kier alpha value is -2.70.